The van der Waals surface area contributed by atoms with Crippen molar-refractivity contribution in [2.75, 3.05) is 13.1 Å². The van der Waals surface area contributed by atoms with E-state index in [1.54, 1.807) is 0 Å². The highest BCUT2D eigenvalue weighted by molar-refractivity contribution is 5.86. The van der Waals surface area contributed by atoms with E-state index in [9.17, 15) is 9.59 Å². The van der Waals surface area contributed by atoms with Gasteiger partial charge < -0.3 is 10.0 Å². The van der Waals surface area contributed by atoms with Gasteiger partial charge in [0, 0.05) is 12.5 Å². The lowest BCUT2D eigenvalue weighted by molar-refractivity contribution is -0.145. The number of hydrogen-bond acceptors (Lipinski definition) is 2. The average molecular weight is 273 g/mol. The van der Waals surface area contributed by atoms with Crippen LogP contribution in [0.2, 0.25) is 0 Å². The molecule has 2 aliphatic carbocycles. The van der Waals surface area contributed by atoms with Crippen molar-refractivity contribution in [3.05, 3.63) is 35.9 Å². The van der Waals surface area contributed by atoms with Crippen LogP contribution in [0.1, 0.15) is 24.8 Å². The van der Waals surface area contributed by atoms with Crippen molar-refractivity contribution >= 4 is 11.9 Å². The number of carbonyl (C=O) groups is 2. The molecule has 1 spiro atoms. The van der Waals surface area contributed by atoms with Gasteiger partial charge in [-0.25, -0.2) is 0 Å². The van der Waals surface area contributed by atoms with Crippen molar-refractivity contribution in [2.24, 2.45) is 11.3 Å². The zero-order chi connectivity index (χ0) is 14.2. The summed E-state index contributed by atoms with van der Waals surface area (Å²) < 4.78 is 0. The maximum absolute atomic E-state index is 12.4. The highest BCUT2D eigenvalue weighted by Crippen LogP contribution is 2.70. The second-order valence-corrected chi connectivity index (χ2v) is 6.01. The summed E-state index contributed by atoms with van der Waals surface area (Å²) in [6.45, 7) is 0.306. The number of amides is 1. The van der Waals surface area contributed by atoms with E-state index in [4.69, 9.17) is 5.11 Å². The van der Waals surface area contributed by atoms with Gasteiger partial charge >= 0.3 is 5.97 Å². The summed E-state index contributed by atoms with van der Waals surface area (Å²) in [7, 11) is 0. The highest BCUT2D eigenvalue weighted by atomic mass is 16.4. The Kier molecular flexibility index (Phi) is 3.24. The minimum Gasteiger partial charge on any atom is -0.480 e. The fraction of sp³-hybridized carbons (Fsp3) is 0.500. The Morgan fingerprint density at radius 2 is 1.95 bits per heavy atom. The van der Waals surface area contributed by atoms with E-state index in [1.165, 1.54) is 4.90 Å². The first-order chi connectivity index (χ1) is 9.61. The summed E-state index contributed by atoms with van der Waals surface area (Å²) >= 11 is 0. The van der Waals surface area contributed by atoms with Crippen LogP contribution in [0.5, 0.6) is 0 Å². The van der Waals surface area contributed by atoms with E-state index in [0.717, 1.165) is 24.8 Å². The number of nitrogens with zero attached hydrogens (tertiary/aromatic N) is 1. The Balaban J connectivity index is 1.60. The molecule has 0 radical (unpaired) electrons. The zero-order valence-electron chi connectivity index (χ0n) is 11.4. The number of rotatable bonds is 6. The van der Waals surface area contributed by atoms with Gasteiger partial charge in [-0.3, -0.25) is 9.59 Å². The molecule has 0 saturated heterocycles. The minimum atomic E-state index is -0.933. The molecule has 0 bridgehead atoms. The molecule has 1 atom stereocenters. The van der Waals surface area contributed by atoms with E-state index in [2.05, 4.69) is 0 Å². The first-order valence-electron chi connectivity index (χ1n) is 7.15. The topological polar surface area (TPSA) is 57.6 Å². The molecule has 3 rings (SSSR count). The number of hydrogen-bond donors (Lipinski definition) is 1. The third kappa shape index (κ3) is 2.69. The van der Waals surface area contributed by atoms with E-state index < -0.39 is 5.97 Å². The summed E-state index contributed by atoms with van der Waals surface area (Å²) in [5.74, 6) is -0.796. The van der Waals surface area contributed by atoms with Crippen LogP contribution < -0.4 is 0 Å². The predicted molar refractivity (Wildman–Crippen MR) is 74.1 cm³/mol. The largest absolute Gasteiger partial charge is 0.480 e. The van der Waals surface area contributed by atoms with Crippen LogP contribution in [0.15, 0.2) is 30.3 Å². The van der Waals surface area contributed by atoms with Crippen molar-refractivity contribution in [3.8, 4) is 0 Å². The van der Waals surface area contributed by atoms with Gasteiger partial charge in [0.25, 0.3) is 0 Å². The third-order valence-corrected chi connectivity index (χ3v) is 4.53. The van der Waals surface area contributed by atoms with Crippen LogP contribution in [0, 0.1) is 11.3 Å². The first-order valence-corrected chi connectivity index (χ1v) is 7.15. The Labute approximate surface area is 118 Å². The van der Waals surface area contributed by atoms with E-state index in [1.807, 2.05) is 30.3 Å². The maximum atomic E-state index is 12.4. The molecule has 2 fully saturated rings. The van der Waals surface area contributed by atoms with Crippen LogP contribution in [-0.2, 0) is 16.0 Å². The summed E-state index contributed by atoms with van der Waals surface area (Å²) in [6, 6.07) is 9.87. The van der Waals surface area contributed by atoms with Crippen molar-refractivity contribution in [2.45, 2.75) is 25.7 Å². The van der Waals surface area contributed by atoms with E-state index in [0.29, 0.717) is 13.0 Å². The monoisotopic (exact) mass is 273 g/mol. The molecule has 1 unspecified atom stereocenters. The standard InChI is InChI=1S/C16H19NO3/c18-14(19)11-17(9-6-12-4-2-1-3-5-12)15(20)13-10-16(13)7-8-16/h1-5,13H,6-11H2,(H,18,19). The molecule has 4 heteroatoms. The lowest BCUT2D eigenvalue weighted by Crippen LogP contribution is -2.38. The van der Waals surface area contributed by atoms with Gasteiger partial charge in [-0.2, -0.15) is 0 Å². The van der Waals surface area contributed by atoms with Crippen molar-refractivity contribution in [1.82, 2.24) is 4.90 Å². The number of carboxylic acids is 1. The number of carboxylic acid groups (broad SMARTS) is 1. The molecule has 20 heavy (non-hydrogen) atoms. The second kappa shape index (κ2) is 4.93. The molecule has 1 aromatic carbocycles. The molecule has 0 aromatic heterocycles. The smallest absolute Gasteiger partial charge is 0.323 e. The molecule has 1 aromatic rings. The third-order valence-electron chi connectivity index (χ3n) is 4.53. The highest BCUT2D eigenvalue weighted by Gasteiger charge is 2.66. The Bertz CT molecular complexity index is 522. The Morgan fingerprint density at radius 1 is 1.25 bits per heavy atom. The average Bonchev–Trinajstić information content (AvgIpc) is 3.35. The second-order valence-electron chi connectivity index (χ2n) is 6.01. The van der Waals surface area contributed by atoms with E-state index >= 15 is 0 Å². The van der Waals surface area contributed by atoms with Gasteiger partial charge in [0.05, 0.1) is 0 Å². The predicted octanol–water partition coefficient (Wildman–Crippen LogP) is 1.94. The lowest BCUT2D eigenvalue weighted by Gasteiger charge is -2.21. The summed E-state index contributed by atoms with van der Waals surface area (Å²) in [4.78, 5) is 24.9. The van der Waals surface area contributed by atoms with Gasteiger partial charge in [0.1, 0.15) is 6.54 Å². The van der Waals surface area contributed by atoms with Gasteiger partial charge in [-0.05, 0) is 36.7 Å². The summed E-state index contributed by atoms with van der Waals surface area (Å²) in [5.41, 5.74) is 1.41. The quantitative estimate of drug-likeness (QED) is 0.861. The van der Waals surface area contributed by atoms with Gasteiger partial charge in [-0.1, -0.05) is 30.3 Å². The van der Waals surface area contributed by atoms with Crippen LogP contribution in [0.4, 0.5) is 0 Å². The van der Waals surface area contributed by atoms with Gasteiger partial charge in [0.15, 0.2) is 0 Å². The van der Waals surface area contributed by atoms with Crippen LogP contribution in [-0.4, -0.2) is 35.0 Å². The van der Waals surface area contributed by atoms with E-state index in [-0.39, 0.29) is 23.8 Å². The maximum Gasteiger partial charge on any atom is 0.323 e. The summed E-state index contributed by atoms with van der Waals surface area (Å²) in [6.07, 6.45) is 3.96. The normalized spacial score (nSPS) is 21.5. The Hall–Kier alpha value is -1.84. The molecule has 106 valence electrons. The molecule has 2 saturated carbocycles. The van der Waals surface area contributed by atoms with Crippen molar-refractivity contribution in [1.29, 1.82) is 0 Å². The van der Waals surface area contributed by atoms with Crippen LogP contribution in [0.25, 0.3) is 0 Å². The molecule has 0 heterocycles. The molecule has 1 N–H and O–H groups in total. The molecular formula is C16H19NO3. The molecule has 0 aliphatic heterocycles. The fourth-order valence-corrected chi connectivity index (χ4v) is 2.97. The fourth-order valence-electron chi connectivity index (χ4n) is 2.97. The van der Waals surface area contributed by atoms with Crippen LogP contribution in [0.3, 0.4) is 0 Å². The number of aliphatic carboxylic acids is 1. The first kappa shape index (κ1) is 13.2. The molecular weight excluding hydrogens is 254 g/mol. The van der Waals surface area contributed by atoms with Crippen molar-refractivity contribution < 1.29 is 14.7 Å². The zero-order valence-corrected chi connectivity index (χ0v) is 11.4. The summed E-state index contributed by atoms with van der Waals surface area (Å²) in [5, 5.41) is 8.98. The molecule has 4 nitrogen and oxygen atoms in total. The van der Waals surface area contributed by atoms with Crippen molar-refractivity contribution in [3.63, 3.8) is 0 Å². The SMILES string of the molecule is O=C(O)CN(CCc1ccccc1)C(=O)C1CC12CC2. The number of benzene rings is 1. The molecule has 1 amide bonds. The van der Waals surface area contributed by atoms with Gasteiger partial charge in [-0.15, -0.1) is 0 Å². The minimum absolute atomic E-state index is 0.0424. The number of carbonyl (C=O) groups excluding carboxylic acids is 1. The lowest BCUT2D eigenvalue weighted by atomic mass is 10.1. The molecule has 2 aliphatic rings. The Morgan fingerprint density at radius 3 is 2.50 bits per heavy atom. The van der Waals surface area contributed by atoms with Gasteiger partial charge in [0.2, 0.25) is 5.91 Å². The van der Waals surface area contributed by atoms with Crippen LogP contribution >= 0.6 is 0 Å².